The van der Waals surface area contributed by atoms with Crippen LogP contribution in [0.25, 0.3) is 0 Å². The number of hydrogen-bond donors (Lipinski definition) is 1. The van der Waals surface area contributed by atoms with Crippen LogP contribution in [-0.4, -0.2) is 15.0 Å². The summed E-state index contributed by atoms with van der Waals surface area (Å²) in [4.78, 5) is 14.1. The number of aryl methyl sites for hydroxylation is 2. The molecule has 0 saturated heterocycles. The Labute approximate surface area is 182 Å². The van der Waals surface area contributed by atoms with E-state index in [9.17, 15) is 0 Å². The van der Waals surface area contributed by atoms with E-state index < -0.39 is 0 Å². The lowest BCUT2D eigenvalue weighted by atomic mass is 10.1. The summed E-state index contributed by atoms with van der Waals surface area (Å²) in [5.41, 5.74) is 5.56. The fourth-order valence-corrected chi connectivity index (χ4v) is 3.44. The van der Waals surface area contributed by atoms with Crippen LogP contribution in [0, 0.1) is 13.8 Å². The van der Waals surface area contributed by atoms with E-state index in [1.165, 1.54) is 16.7 Å². The summed E-state index contributed by atoms with van der Waals surface area (Å²) in [5, 5.41) is 3.87. The van der Waals surface area contributed by atoms with E-state index in [0.717, 1.165) is 22.9 Å². The second-order valence-electron chi connectivity index (χ2n) is 7.42. The molecule has 0 saturated carbocycles. The van der Waals surface area contributed by atoms with Crippen LogP contribution < -0.4 is 5.32 Å². The maximum absolute atomic E-state index is 6.31. The average Bonchev–Trinajstić information content (AvgIpc) is 2.71. The van der Waals surface area contributed by atoms with Crippen LogP contribution >= 0.6 is 11.6 Å². The summed E-state index contributed by atoms with van der Waals surface area (Å²) in [7, 11) is 0. The Balaban J connectivity index is 1.67. The molecule has 0 radical (unpaired) electrons. The van der Waals surface area contributed by atoms with Crippen LogP contribution in [0.2, 0.25) is 5.02 Å². The Bertz CT molecular complexity index is 1160. The van der Waals surface area contributed by atoms with E-state index >= 15 is 0 Å². The van der Waals surface area contributed by atoms with Crippen LogP contribution in [0.5, 0.6) is 0 Å². The van der Waals surface area contributed by atoms with Gasteiger partial charge in [-0.05, 0) is 37.1 Å². The van der Waals surface area contributed by atoms with Crippen LogP contribution in [-0.2, 0) is 12.8 Å². The lowest BCUT2D eigenvalue weighted by molar-refractivity contribution is 0.856. The first-order valence-corrected chi connectivity index (χ1v) is 10.3. The molecular weight excluding hydrogens is 392 g/mol. The SMILES string of the molecule is Cc1ccc(Cc2nc(Cc3cccc(C)c3)nc(Nc3ccccc3Cl)n2)cc1. The summed E-state index contributed by atoms with van der Waals surface area (Å²) < 4.78 is 0. The van der Waals surface area contributed by atoms with Gasteiger partial charge in [-0.25, -0.2) is 4.98 Å². The monoisotopic (exact) mass is 414 g/mol. The topological polar surface area (TPSA) is 50.7 Å². The van der Waals surface area contributed by atoms with E-state index in [2.05, 4.69) is 77.7 Å². The lowest BCUT2D eigenvalue weighted by Gasteiger charge is -2.11. The third-order valence-electron chi connectivity index (χ3n) is 4.78. The first kappa shape index (κ1) is 20.0. The number of hydrogen-bond acceptors (Lipinski definition) is 4. The molecule has 3 aromatic carbocycles. The molecule has 0 amide bonds. The van der Waals surface area contributed by atoms with Crippen molar-refractivity contribution in [3.05, 3.63) is 112 Å². The van der Waals surface area contributed by atoms with Gasteiger partial charge in [0.15, 0.2) is 0 Å². The van der Waals surface area contributed by atoms with Gasteiger partial charge in [-0.2, -0.15) is 9.97 Å². The molecule has 0 atom stereocenters. The number of rotatable bonds is 6. The highest BCUT2D eigenvalue weighted by Gasteiger charge is 2.10. The van der Waals surface area contributed by atoms with E-state index in [-0.39, 0.29) is 0 Å². The molecule has 0 aliphatic carbocycles. The average molecular weight is 415 g/mol. The predicted molar refractivity (Wildman–Crippen MR) is 123 cm³/mol. The van der Waals surface area contributed by atoms with Gasteiger partial charge in [0.05, 0.1) is 10.7 Å². The summed E-state index contributed by atoms with van der Waals surface area (Å²) in [5.74, 6) is 1.96. The van der Waals surface area contributed by atoms with Crippen molar-refractivity contribution in [1.82, 2.24) is 15.0 Å². The van der Waals surface area contributed by atoms with Gasteiger partial charge in [-0.15, -0.1) is 0 Å². The molecule has 4 nitrogen and oxygen atoms in total. The number of aromatic nitrogens is 3. The Hall–Kier alpha value is -3.24. The molecule has 0 aliphatic rings. The number of nitrogens with zero attached hydrogens (tertiary/aromatic N) is 3. The Morgan fingerprint density at radius 1 is 0.700 bits per heavy atom. The van der Waals surface area contributed by atoms with Crippen molar-refractivity contribution in [2.75, 3.05) is 5.32 Å². The fraction of sp³-hybridized carbons (Fsp3) is 0.160. The second-order valence-corrected chi connectivity index (χ2v) is 7.83. The Kier molecular flexibility index (Phi) is 6.05. The Morgan fingerprint density at radius 2 is 1.40 bits per heavy atom. The van der Waals surface area contributed by atoms with E-state index in [4.69, 9.17) is 16.6 Å². The molecular formula is C25H23ClN4. The van der Waals surface area contributed by atoms with E-state index in [0.29, 0.717) is 23.8 Å². The van der Waals surface area contributed by atoms with Crippen molar-refractivity contribution >= 4 is 23.2 Å². The first-order chi connectivity index (χ1) is 14.5. The minimum Gasteiger partial charge on any atom is -0.323 e. The molecule has 1 N–H and O–H groups in total. The number of benzene rings is 3. The van der Waals surface area contributed by atoms with Crippen LogP contribution in [0.15, 0.2) is 72.8 Å². The zero-order chi connectivity index (χ0) is 20.9. The van der Waals surface area contributed by atoms with Crippen LogP contribution in [0.4, 0.5) is 11.6 Å². The molecule has 4 aromatic rings. The van der Waals surface area contributed by atoms with Crippen molar-refractivity contribution in [1.29, 1.82) is 0 Å². The Morgan fingerprint density at radius 3 is 2.10 bits per heavy atom. The minimum atomic E-state index is 0.503. The summed E-state index contributed by atoms with van der Waals surface area (Å²) in [6.07, 6.45) is 1.28. The van der Waals surface area contributed by atoms with Gasteiger partial charge in [0.1, 0.15) is 11.6 Å². The summed E-state index contributed by atoms with van der Waals surface area (Å²) >= 11 is 6.31. The third-order valence-corrected chi connectivity index (χ3v) is 5.11. The quantitative estimate of drug-likeness (QED) is 0.416. The van der Waals surface area contributed by atoms with E-state index in [1.807, 2.05) is 24.3 Å². The maximum atomic E-state index is 6.31. The highest BCUT2D eigenvalue weighted by Crippen LogP contribution is 2.23. The third kappa shape index (κ3) is 5.22. The number of para-hydroxylation sites is 1. The largest absolute Gasteiger partial charge is 0.323 e. The van der Waals surface area contributed by atoms with Gasteiger partial charge >= 0.3 is 0 Å². The van der Waals surface area contributed by atoms with Crippen LogP contribution in [0.1, 0.15) is 33.9 Å². The molecule has 5 heteroatoms. The number of halogens is 1. The predicted octanol–water partition coefficient (Wildman–Crippen LogP) is 6.07. The molecule has 150 valence electrons. The highest BCUT2D eigenvalue weighted by atomic mass is 35.5. The molecule has 4 rings (SSSR count). The molecule has 0 bridgehead atoms. The van der Waals surface area contributed by atoms with Crippen molar-refractivity contribution < 1.29 is 0 Å². The first-order valence-electron chi connectivity index (χ1n) is 9.91. The molecule has 1 heterocycles. The number of anilines is 2. The number of nitrogens with one attached hydrogen (secondary N) is 1. The molecule has 0 aliphatic heterocycles. The van der Waals surface area contributed by atoms with Crippen molar-refractivity contribution in [2.45, 2.75) is 26.7 Å². The summed E-state index contributed by atoms with van der Waals surface area (Å²) in [6.45, 7) is 4.17. The van der Waals surface area contributed by atoms with Gasteiger partial charge in [-0.1, -0.05) is 83.4 Å². The van der Waals surface area contributed by atoms with Gasteiger partial charge in [0, 0.05) is 12.8 Å². The molecule has 0 spiro atoms. The molecule has 1 aromatic heterocycles. The van der Waals surface area contributed by atoms with Crippen molar-refractivity contribution in [2.24, 2.45) is 0 Å². The minimum absolute atomic E-state index is 0.503. The standard InChI is InChI=1S/C25H23ClN4/c1-17-10-12-19(13-11-17)15-23-28-24(16-20-7-5-6-18(2)14-20)30-25(29-23)27-22-9-4-3-8-21(22)26/h3-14H,15-16H2,1-2H3,(H,27,28,29,30). The van der Waals surface area contributed by atoms with E-state index in [1.54, 1.807) is 0 Å². The maximum Gasteiger partial charge on any atom is 0.230 e. The smallest absolute Gasteiger partial charge is 0.230 e. The van der Waals surface area contributed by atoms with Crippen LogP contribution in [0.3, 0.4) is 0 Å². The zero-order valence-corrected chi connectivity index (χ0v) is 17.8. The van der Waals surface area contributed by atoms with Gasteiger partial charge < -0.3 is 5.32 Å². The van der Waals surface area contributed by atoms with Gasteiger partial charge in [0.2, 0.25) is 5.95 Å². The second kappa shape index (κ2) is 9.06. The zero-order valence-electron chi connectivity index (χ0n) is 17.1. The molecule has 30 heavy (non-hydrogen) atoms. The van der Waals surface area contributed by atoms with Crippen molar-refractivity contribution in [3.63, 3.8) is 0 Å². The highest BCUT2D eigenvalue weighted by molar-refractivity contribution is 6.33. The fourth-order valence-electron chi connectivity index (χ4n) is 3.26. The normalized spacial score (nSPS) is 10.8. The molecule has 0 unspecified atom stereocenters. The summed E-state index contributed by atoms with van der Waals surface area (Å²) in [6, 6.07) is 24.4. The van der Waals surface area contributed by atoms with Gasteiger partial charge in [-0.3, -0.25) is 0 Å². The lowest BCUT2D eigenvalue weighted by Crippen LogP contribution is -2.09. The molecule has 0 fully saturated rings. The van der Waals surface area contributed by atoms with Gasteiger partial charge in [0.25, 0.3) is 0 Å². The van der Waals surface area contributed by atoms with Crippen molar-refractivity contribution in [3.8, 4) is 0 Å².